The molecule has 1 amide bonds. The minimum atomic E-state index is -1.00. The van der Waals surface area contributed by atoms with E-state index in [9.17, 15) is 9.59 Å². The minimum Gasteiger partial charge on any atom is -0.449 e. The minimum absolute atomic E-state index is 0.0843. The molecule has 6 nitrogen and oxygen atoms in total. The summed E-state index contributed by atoms with van der Waals surface area (Å²) in [5.74, 6) is -0.630. The van der Waals surface area contributed by atoms with Crippen LogP contribution in [0.15, 0.2) is 30.5 Å². The third-order valence-electron chi connectivity index (χ3n) is 3.21. The molecule has 2 rings (SSSR count). The van der Waals surface area contributed by atoms with Gasteiger partial charge in [-0.3, -0.25) is 4.79 Å². The average molecular weight is 370 g/mol. The SMILES string of the molecule is CC(C)n1nccc1NC(=O)[C@H](C)OC(=O)c1ccc(Cl)cc1Cl. The molecule has 2 aromatic rings. The molecule has 0 aliphatic rings. The summed E-state index contributed by atoms with van der Waals surface area (Å²) in [6.45, 7) is 5.36. The van der Waals surface area contributed by atoms with Crippen LogP contribution in [0.3, 0.4) is 0 Å². The molecule has 0 saturated heterocycles. The number of rotatable bonds is 5. The van der Waals surface area contributed by atoms with Crippen LogP contribution in [0.2, 0.25) is 10.0 Å². The van der Waals surface area contributed by atoms with Crippen molar-refractivity contribution in [2.45, 2.75) is 32.9 Å². The van der Waals surface area contributed by atoms with E-state index in [-0.39, 0.29) is 16.6 Å². The van der Waals surface area contributed by atoms with Crippen molar-refractivity contribution in [3.8, 4) is 0 Å². The summed E-state index contributed by atoms with van der Waals surface area (Å²) in [5, 5.41) is 7.37. The predicted octanol–water partition coefficient (Wildman–Crippen LogP) is 3.95. The van der Waals surface area contributed by atoms with Gasteiger partial charge in [-0.15, -0.1) is 0 Å². The maximum absolute atomic E-state index is 12.2. The van der Waals surface area contributed by atoms with Gasteiger partial charge in [0.2, 0.25) is 0 Å². The number of ether oxygens (including phenoxy) is 1. The summed E-state index contributed by atoms with van der Waals surface area (Å²) in [4.78, 5) is 24.3. The first-order valence-electron chi connectivity index (χ1n) is 7.30. The fourth-order valence-corrected chi connectivity index (χ4v) is 2.47. The molecule has 0 fully saturated rings. The Hall–Kier alpha value is -2.05. The summed E-state index contributed by atoms with van der Waals surface area (Å²) < 4.78 is 6.82. The lowest BCUT2D eigenvalue weighted by Gasteiger charge is -2.16. The topological polar surface area (TPSA) is 73.2 Å². The molecule has 0 saturated carbocycles. The van der Waals surface area contributed by atoms with Crippen LogP contribution in [0.1, 0.15) is 37.2 Å². The van der Waals surface area contributed by atoms with Gasteiger partial charge in [0, 0.05) is 17.1 Å². The molecule has 0 aliphatic heterocycles. The molecule has 1 aromatic heterocycles. The van der Waals surface area contributed by atoms with Crippen LogP contribution in [-0.2, 0) is 9.53 Å². The second-order valence-electron chi connectivity index (χ2n) is 5.42. The fraction of sp³-hybridized carbons (Fsp3) is 0.312. The Morgan fingerprint density at radius 1 is 1.21 bits per heavy atom. The number of nitrogens with one attached hydrogen (secondary N) is 1. The first kappa shape index (κ1) is 18.3. The Bertz CT molecular complexity index is 759. The third-order valence-corrected chi connectivity index (χ3v) is 3.76. The molecule has 0 aliphatic carbocycles. The van der Waals surface area contributed by atoms with E-state index in [4.69, 9.17) is 27.9 Å². The van der Waals surface area contributed by atoms with Crippen molar-refractivity contribution in [3.05, 3.63) is 46.1 Å². The van der Waals surface area contributed by atoms with Gasteiger partial charge in [-0.25, -0.2) is 9.48 Å². The van der Waals surface area contributed by atoms with Gasteiger partial charge in [0.1, 0.15) is 5.82 Å². The number of esters is 1. The van der Waals surface area contributed by atoms with Crippen molar-refractivity contribution in [2.75, 3.05) is 5.32 Å². The van der Waals surface area contributed by atoms with Crippen LogP contribution >= 0.6 is 23.2 Å². The van der Waals surface area contributed by atoms with Crippen LogP contribution in [-0.4, -0.2) is 27.8 Å². The average Bonchev–Trinajstić information content (AvgIpc) is 2.95. The van der Waals surface area contributed by atoms with Gasteiger partial charge in [-0.1, -0.05) is 23.2 Å². The van der Waals surface area contributed by atoms with E-state index < -0.39 is 18.0 Å². The number of halogens is 2. The summed E-state index contributed by atoms with van der Waals surface area (Å²) in [7, 11) is 0. The van der Waals surface area contributed by atoms with Crippen LogP contribution in [0.25, 0.3) is 0 Å². The standard InChI is InChI=1S/C16H17Cl2N3O3/c1-9(2)21-14(6-7-19-21)20-15(22)10(3)24-16(23)12-5-4-11(17)8-13(12)18/h4-10H,1-3H3,(H,20,22)/t10-/m0/s1. The molecule has 0 radical (unpaired) electrons. The molecular formula is C16H17Cl2N3O3. The van der Waals surface area contributed by atoms with Crippen molar-refractivity contribution in [1.82, 2.24) is 9.78 Å². The number of carbonyl (C=O) groups is 2. The zero-order valence-corrected chi connectivity index (χ0v) is 14.9. The highest BCUT2D eigenvalue weighted by molar-refractivity contribution is 6.36. The van der Waals surface area contributed by atoms with Crippen LogP contribution < -0.4 is 5.32 Å². The van der Waals surface area contributed by atoms with Crippen molar-refractivity contribution in [1.29, 1.82) is 0 Å². The number of hydrogen-bond acceptors (Lipinski definition) is 4. The molecule has 8 heteroatoms. The Labute approximate surface area is 149 Å². The number of benzene rings is 1. The molecule has 128 valence electrons. The number of nitrogens with zero attached hydrogens (tertiary/aromatic N) is 2. The second kappa shape index (κ2) is 7.68. The van der Waals surface area contributed by atoms with E-state index in [2.05, 4.69) is 10.4 Å². The van der Waals surface area contributed by atoms with Crippen LogP contribution in [0.4, 0.5) is 5.82 Å². The van der Waals surface area contributed by atoms with Crippen molar-refractivity contribution >= 4 is 40.9 Å². The Morgan fingerprint density at radius 2 is 1.92 bits per heavy atom. The summed E-state index contributed by atoms with van der Waals surface area (Å²) >= 11 is 11.7. The van der Waals surface area contributed by atoms with Gasteiger partial charge in [0.05, 0.1) is 16.8 Å². The molecule has 0 unspecified atom stereocenters. The van der Waals surface area contributed by atoms with E-state index in [1.165, 1.54) is 25.1 Å². The summed E-state index contributed by atoms with van der Waals surface area (Å²) in [6.07, 6.45) is 0.583. The summed E-state index contributed by atoms with van der Waals surface area (Å²) in [5.41, 5.74) is 0.146. The quantitative estimate of drug-likeness (QED) is 0.809. The van der Waals surface area contributed by atoms with Gasteiger partial charge in [0.15, 0.2) is 6.10 Å². The molecule has 1 aromatic carbocycles. The Balaban J connectivity index is 2.03. The first-order chi connectivity index (χ1) is 11.3. The van der Waals surface area contributed by atoms with Gasteiger partial charge in [0.25, 0.3) is 5.91 Å². The maximum atomic E-state index is 12.2. The highest BCUT2D eigenvalue weighted by Crippen LogP contribution is 2.22. The lowest BCUT2D eigenvalue weighted by molar-refractivity contribution is -0.123. The predicted molar refractivity (Wildman–Crippen MR) is 92.6 cm³/mol. The molecule has 0 spiro atoms. The van der Waals surface area contributed by atoms with Crippen LogP contribution in [0, 0.1) is 0 Å². The van der Waals surface area contributed by atoms with E-state index in [0.717, 1.165) is 0 Å². The fourth-order valence-electron chi connectivity index (χ4n) is 1.99. The molecule has 1 atom stereocenters. The lowest BCUT2D eigenvalue weighted by Crippen LogP contribution is -2.31. The van der Waals surface area contributed by atoms with Gasteiger partial charge in [-0.2, -0.15) is 5.10 Å². The Morgan fingerprint density at radius 3 is 2.54 bits per heavy atom. The van der Waals surface area contributed by atoms with Crippen molar-refractivity contribution in [3.63, 3.8) is 0 Å². The largest absolute Gasteiger partial charge is 0.449 e. The van der Waals surface area contributed by atoms with E-state index in [1.807, 2.05) is 13.8 Å². The van der Waals surface area contributed by atoms with Gasteiger partial charge in [-0.05, 0) is 39.0 Å². The normalized spacial score (nSPS) is 12.1. The maximum Gasteiger partial charge on any atom is 0.340 e. The van der Waals surface area contributed by atoms with Crippen molar-refractivity contribution in [2.24, 2.45) is 0 Å². The molecule has 24 heavy (non-hydrogen) atoms. The third kappa shape index (κ3) is 4.27. The smallest absolute Gasteiger partial charge is 0.340 e. The highest BCUT2D eigenvalue weighted by Gasteiger charge is 2.22. The number of hydrogen-bond donors (Lipinski definition) is 1. The van der Waals surface area contributed by atoms with E-state index >= 15 is 0 Å². The molecule has 1 heterocycles. The molecule has 0 bridgehead atoms. The zero-order chi connectivity index (χ0) is 17.9. The van der Waals surface area contributed by atoms with E-state index in [1.54, 1.807) is 16.9 Å². The van der Waals surface area contributed by atoms with Crippen molar-refractivity contribution < 1.29 is 14.3 Å². The highest BCUT2D eigenvalue weighted by atomic mass is 35.5. The number of anilines is 1. The number of carbonyl (C=O) groups excluding carboxylic acids is 2. The first-order valence-corrected chi connectivity index (χ1v) is 8.05. The Kier molecular flexibility index (Phi) is 5.85. The molecular weight excluding hydrogens is 353 g/mol. The monoisotopic (exact) mass is 369 g/mol. The van der Waals surface area contributed by atoms with Gasteiger partial charge >= 0.3 is 5.97 Å². The van der Waals surface area contributed by atoms with Gasteiger partial charge < -0.3 is 10.1 Å². The number of amides is 1. The summed E-state index contributed by atoms with van der Waals surface area (Å²) in [6, 6.07) is 6.16. The second-order valence-corrected chi connectivity index (χ2v) is 6.26. The van der Waals surface area contributed by atoms with E-state index in [0.29, 0.717) is 10.8 Å². The van der Waals surface area contributed by atoms with Crippen LogP contribution in [0.5, 0.6) is 0 Å². The lowest BCUT2D eigenvalue weighted by atomic mass is 10.2. The zero-order valence-electron chi connectivity index (χ0n) is 13.4. The number of aromatic nitrogens is 2. The molecule has 1 N–H and O–H groups in total.